The van der Waals surface area contributed by atoms with E-state index in [0.29, 0.717) is 0 Å². The van der Waals surface area contributed by atoms with Gasteiger partial charge < -0.3 is 4.90 Å². The molecule has 7 aromatic rings. The molecule has 0 N–H and O–H groups in total. The summed E-state index contributed by atoms with van der Waals surface area (Å²) in [5, 5.41) is 2.70. The summed E-state index contributed by atoms with van der Waals surface area (Å²) >= 11 is 0. The fourth-order valence-corrected chi connectivity index (χ4v) is 13.0. The van der Waals surface area contributed by atoms with E-state index in [2.05, 4.69) is 250 Å². The summed E-state index contributed by atoms with van der Waals surface area (Å²) in [6.07, 6.45) is 22.7. The first-order chi connectivity index (χ1) is 30.9. The van der Waals surface area contributed by atoms with Gasteiger partial charge in [0.25, 0.3) is 0 Å². The normalized spacial score (nSPS) is 26.1. The van der Waals surface area contributed by atoms with Crippen molar-refractivity contribution in [1.82, 2.24) is 0 Å². The Kier molecular flexibility index (Phi) is 8.57. The van der Waals surface area contributed by atoms with E-state index in [1.165, 1.54) is 83.4 Å². The second-order valence-electron chi connectivity index (χ2n) is 18.8. The SMILES string of the molecule is CC1C=C(c2ccccc2)C=CC1N(c1ccc(C2=CC=CC3(C)C2c2ccccc2C32c3c(ccc4ccccc34)C3=CC=CCC32C)cc1)c1ccc(-c2ccccc2)cc1. The summed E-state index contributed by atoms with van der Waals surface area (Å²) in [6, 6.07) is 63.6. The van der Waals surface area contributed by atoms with E-state index in [1.54, 1.807) is 0 Å². The lowest BCUT2D eigenvalue weighted by Crippen LogP contribution is -2.51. The summed E-state index contributed by atoms with van der Waals surface area (Å²) in [4.78, 5) is 2.54. The predicted octanol–water partition coefficient (Wildman–Crippen LogP) is 15.7. The Balaban J connectivity index is 0.971. The lowest BCUT2D eigenvalue weighted by atomic mass is 9.46. The number of fused-ring (bicyclic) bond motifs is 12. The van der Waals surface area contributed by atoms with Crippen molar-refractivity contribution in [1.29, 1.82) is 0 Å². The van der Waals surface area contributed by atoms with Crippen molar-refractivity contribution in [2.45, 2.75) is 44.6 Å². The van der Waals surface area contributed by atoms with Crippen molar-refractivity contribution >= 4 is 38.9 Å². The van der Waals surface area contributed by atoms with Gasteiger partial charge in [0.2, 0.25) is 0 Å². The van der Waals surface area contributed by atoms with Crippen LogP contribution in [0.1, 0.15) is 66.5 Å². The van der Waals surface area contributed by atoms with Crippen LogP contribution in [0.15, 0.2) is 225 Å². The Labute approximate surface area is 372 Å². The Morgan fingerprint density at radius 3 is 1.98 bits per heavy atom. The first-order valence-electron chi connectivity index (χ1n) is 22.8. The summed E-state index contributed by atoms with van der Waals surface area (Å²) in [6.45, 7) is 7.52. The van der Waals surface area contributed by atoms with Gasteiger partial charge >= 0.3 is 0 Å². The van der Waals surface area contributed by atoms with Crippen LogP contribution in [0, 0.1) is 16.7 Å². The van der Waals surface area contributed by atoms with Crippen molar-refractivity contribution in [3.8, 4) is 11.1 Å². The van der Waals surface area contributed by atoms with E-state index in [9.17, 15) is 0 Å². The van der Waals surface area contributed by atoms with Gasteiger partial charge in [-0.3, -0.25) is 0 Å². The molecule has 5 aliphatic carbocycles. The minimum Gasteiger partial charge on any atom is -0.334 e. The maximum absolute atomic E-state index is 2.59. The minimum atomic E-state index is -0.289. The fraction of sp³-hybridized carbons (Fsp3) is 0.161. The van der Waals surface area contributed by atoms with Crippen molar-refractivity contribution in [3.05, 3.63) is 258 Å². The average Bonchev–Trinajstić information content (AvgIpc) is 3.74. The molecule has 6 atom stereocenters. The Bertz CT molecular complexity index is 3120. The zero-order valence-electron chi connectivity index (χ0n) is 36.2. The smallest absolute Gasteiger partial charge is 0.0585 e. The van der Waals surface area contributed by atoms with Gasteiger partial charge in [0, 0.05) is 33.5 Å². The molecule has 0 fully saturated rings. The first kappa shape index (κ1) is 37.8. The molecule has 6 unspecified atom stereocenters. The molecule has 304 valence electrons. The molecule has 1 spiro atoms. The third kappa shape index (κ3) is 5.36. The number of rotatable bonds is 6. The van der Waals surface area contributed by atoms with E-state index in [4.69, 9.17) is 0 Å². The molecule has 12 rings (SSSR count). The second-order valence-corrected chi connectivity index (χ2v) is 18.8. The summed E-state index contributed by atoms with van der Waals surface area (Å²) in [7, 11) is 0. The van der Waals surface area contributed by atoms with Crippen LogP contribution in [0.5, 0.6) is 0 Å². The monoisotopic (exact) mass is 809 g/mol. The first-order valence-corrected chi connectivity index (χ1v) is 22.8. The lowest BCUT2D eigenvalue weighted by Gasteiger charge is -2.54. The second kappa shape index (κ2) is 14.3. The van der Waals surface area contributed by atoms with E-state index in [-0.39, 0.29) is 34.1 Å². The Morgan fingerprint density at radius 2 is 1.24 bits per heavy atom. The van der Waals surface area contributed by atoms with Crippen LogP contribution in [0.2, 0.25) is 0 Å². The van der Waals surface area contributed by atoms with Crippen molar-refractivity contribution < 1.29 is 0 Å². The van der Waals surface area contributed by atoms with Crippen LogP contribution in [0.25, 0.3) is 38.6 Å². The Hall–Kier alpha value is -6.96. The number of anilines is 2. The molecule has 0 radical (unpaired) electrons. The number of hydrogen-bond acceptors (Lipinski definition) is 1. The van der Waals surface area contributed by atoms with E-state index in [0.717, 1.165) is 6.42 Å². The highest BCUT2D eigenvalue weighted by atomic mass is 15.2. The van der Waals surface area contributed by atoms with Crippen LogP contribution in [-0.2, 0) is 5.41 Å². The highest BCUT2D eigenvalue weighted by Crippen LogP contribution is 2.79. The fourth-order valence-electron chi connectivity index (χ4n) is 13.0. The van der Waals surface area contributed by atoms with E-state index in [1.807, 2.05) is 0 Å². The van der Waals surface area contributed by atoms with Gasteiger partial charge in [-0.15, -0.1) is 0 Å². The standard InChI is InChI=1S/C62H51N/c1-42-41-48(44-19-8-5-9-20-44)32-38-57(42)63(49-33-27-45(28-34-49)43-17-6-4-7-18-43)50-35-29-47(30-36-50)51-24-16-40-61(3)58(51)53-23-12-13-26-56(53)62(61)59-52-22-11-10-21-46(52)31-37-54(59)55-25-14-15-39-60(55,62)2/h4-38,40-42,57-58H,39H2,1-3H3. The maximum atomic E-state index is 2.59. The third-order valence-electron chi connectivity index (χ3n) is 15.6. The third-order valence-corrected chi connectivity index (χ3v) is 15.6. The molecular formula is C62H51N. The predicted molar refractivity (Wildman–Crippen MR) is 266 cm³/mol. The number of nitrogens with zero attached hydrogens (tertiary/aromatic N) is 1. The molecule has 0 saturated carbocycles. The molecule has 0 aromatic heterocycles. The van der Waals surface area contributed by atoms with Gasteiger partial charge in [0.05, 0.1) is 6.04 Å². The van der Waals surface area contributed by atoms with Crippen LogP contribution < -0.4 is 4.90 Å². The summed E-state index contributed by atoms with van der Waals surface area (Å²) in [5.41, 5.74) is 16.7. The number of allylic oxidation sites excluding steroid dienone is 10. The molecule has 0 bridgehead atoms. The largest absolute Gasteiger partial charge is 0.334 e. The molecule has 0 heterocycles. The molecule has 5 aliphatic rings. The Morgan fingerprint density at radius 1 is 0.587 bits per heavy atom. The van der Waals surface area contributed by atoms with Gasteiger partial charge in [-0.25, -0.2) is 0 Å². The highest BCUT2D eigenvalue weighted by molar-refractivity contribution is 6.00. The molecular weight excluding hydrogens is 759 g/mol. The zero-order valence-corrected chi connectivity index (χ0v) is 36.2. The van der Waals surface area contributed by atoms with Crippen LogP contribution >= 0.6 is 0 Å². The number of hydrogen-bond donors (Lipinski definition) is 0. The molecule has 0 aliphatic heterocycles. The maximum Gasteiger partial charge on any atom is 0.0585 e. The van der Waals surface area contributed by atoms with Gasteiger partial charge in [0.1, 0.15) is 0 Å². The van der Waals surface area contributed by atoms with Gasteiger partial charge in [-0.1, -0.05) is 221 Å². The van der Waals surface area contributed by atoms with Crippen molar-refractivity contribution in [2.75, 3.05) is 4.90 Å². The molecule has 0 saturated heterocycles. The minimum absolute atomic E-state index is 0.136. The number of benzene rings is 7. The van der Waals surface area contributed by atoms with Crippen molar-refractivity contribution in [3.63, 3.8) is 0 Å². The van der Waals surface area contributed by atoms with Crippen LogP contribution in [-0.4, -0.2) is 6.04 Å². The molecule has 63 heavy (non-hydrogen) atoms. The molecule has 1 nitrogen and oxygen atoms in total. The molecule has 7 aromatic carbocycles. The average molecular weight is 810 g/mol. The van der Waals surface area contributed by atoms with Gasteiger partial charge in [-0.2, -0.15) is 0 Å². The molecule has 1 heteroatoms. The van der Waals surface area contributed by atoms with Gasteiger partial charge in [0.15, 0.2) is 0 Å². The van der Waals surface area contributed by atoms with E-state index < -0.39 is 0 Å². The van der Waals surface area contributed by atoms with E-state index >= 15 is 0 Å². The molecule has 0 amide bonds. The zero-order chi connectivity index (χ0) is 42.3. The topological polar surface area (TPSA) is 3.24 Å². The summed E-state index contributed by atoms with van der Waals surface area (Å²) < 4.78 is 0. The van der Waals surface area contributed by atoms with Gasteiger partial charge in [-0.05, 0) is 109 Å². The lowest BCUT2D eigenvalue weighted by molar-refractivity contribution is 0.140. The highest BCUT2D eigenvalue weighted by Gasteiger charge is 2.72. The summed E-state index contributed by atoms with van der Waals surface area (Å²) in [5.74, 6) is 0.444. The van der Waals surface area contributed by atoms with Crippen molar-refractivity contribution in [2.24, 2.45) is 16.7 Å². The van der Waals surface area contributed by atoms with Crippen LogP contribution in [0.4, 0.5) is 11.4 Å². The quantitative estimate of drug-likeness (QED) is 0.162. The van der Waals surface area contributed by atoms with Crippen LogP contribution in [0.3, 0.4) is 0 Å².